The lowest BCUT2D eigenvalue weighted by atomic mass is 10.2. The van der Waals surface area contributed by atoms with Crippen molar-refractivity contribution in [1.29, 1.82) is 0 Å². The van der Waals surface area contributed by atoms with E-state index >= 15 is 0 Å². The summed E-state index contributed by atoms with van der Waals surface area (Å²) in [5.74, 6) is 1.81. The number of rotatable bonds is 8. The van der Waals surface area contributed by atoms with E-state index in [2.05, 4.69) is 35.2 Å². The largest absolute Gasteiger partial charge is 0.381 e. The maximum absolute atomic E-state index is 5.27. The molecule has 1 heterocycles. The predicted octanol–water partition coefficient (Wildman–Crippen LogP) is 2.83. The van der Waals surface area contributed by atoms with Crippen molar-refractivity contribution in [3.63, 3.8) is 0 Å². The van der Waals surface area contributed by atoms with Crippen molar-refractivity contribution in [1.82, 2.24) is 9.97 Å². The van der Waals surface area contributed by atoms with Crippen molar-refractivity contribution in [3.05, 3.63) is 17.6 Å². The van der Waals surface area contributed by atoms with E-state index in [1.54, 1.807) is 7.11 Å². The summed E-state index contributed by atoms with van der Waals surface area (Å²) in [7, 11) is 1.72. The monoisotopic (exact) mass is 251 g/mol. The SMILES string of the molecule is CCCNc1cc(CCC)nc(CC(C)OC)n1. The Morgan fingerprint density at radius 3 is 2.67 bits per heavy atom. The number of hydrogen-bond acceptors (Lipinski definition) is 4. The van der Waals surface area contributed by atoms with E-state index in [0.29, 0.717) is 0 Å². The fraction of sp³-hybridized carbons (Fsp3) is 0.714. The Balaban J connectivity index is 2.83. The average molecular weight is 251 g/mol. The summed E-state index contributed by atoms with van der Waals surface area (Å²) in [6.07, 6.45) is 4.10. The van der Waals surface area contributed by atoms with Gasteiger partial charge in [-0.15, -0.1) is 0 Å². The molecule has 0 radical (unpaired) electrons. The average Bonchev–Trinajstić information content (AvgIpc) is 2.36. The fourth-order valence-corrected chi connectivity index (χ4v) is 1.71. The molecule has 0 aliphatic carbocycles. The molecular weight excluding hydrogens is 226 g/mol. The molecule has 1 aromatic rings. The van der Waals surface area contributed by atoms with Gasteiger partial charge in [-0.1, -0.05) is 20.3 Å². The number of ether oxygens (including phenoxy) is 1. The van der Waals surface area contributed by atoms with E-state index in [1.807, 2.05) is 6.92 Å². The molecule has 0 aliphatic heterocycles. The summed E-state index contributed by atoms with van der Waals surface area (Å²) in [5, 5.41) is 3.33. The van der Waals surface area contributed by atoms with Crippen LogP contribution in [0.3, 0.4) is 0 Å². The van der Waals surface area contributed by atoms with Crippen LogP contribution in [-0.4, -0.2) is 29.7 Å². The lowest BCUT2D eigenvalue weighted by molar-refractivity contribution is 0.117. The lowest BCUT2D eigenvalue weighted by Gasteiger charge is -2.12. The first kappa shape index (κ1) is 14.9. The van der Waals surface area contributed by atoms with Crippen LogP contribution in [0.15, 0.2) is 6.07 Å². The van der Waals surface area contributed by atoms with Crippen LogP contribution in [0.2, 0.25) is 0 Å². The normalized spacial score (nSPS) is 12.4. The fourth-order valence-electron chi connectivity index (χ4n) is 1.71. The van der Waals surface area contributed by atoms with Crippen LogP contribution in [0.1, 0.15) is 45.1 Å². The molecular formula is C14H25N3O. The quantitative estimate of drug-likeness (QED) is 0.771. The van der Waals surface area contributed by atoms with E-state index in [9.17, 15) is 0 Å². The zero-order valence-corrected chi connectivity index (χ0v) is 12.0. The van der Waals surface area contributed by atoms with E-state index in [0.717, 1.165) is 49.6 Å². The molecule has 1 aromatic heterocycles. The van der Waals surface area contributed by atoms with Gasteiger partial charge in [-0.25, -0.2) is 9.97 Å². The van der Waals surface area contributed by atoms with E-state index in [4.69, 9.17) is 4.74 Å². The highest BCUT2D eigenvalue weighted by Crippen LogP contribution is 2.11. The molecule has 0 aromatic carbocycles. The molecule has 0 saturated carbocycles. The molecule has 1 N–H and O–H groups in total. The molecule has 0 fully saturated rings. The summed E-state index contributed by atoms with van der Waals surface area (Å²) in [5.41, 5.74) is 1.12. The summed E-state index contributed by atoms with van der Waals surface area (Å²) in [6, 6.07) is 2.06. The summed E-state index contributed by atoms with van der Waals surface area (Å²) in [4.78, 5) is 9.13. The van der Waals surface area contributed by atoms with Gasteiger partial charge in [0.15, 0.2) is 0 Å². The summed E-state index contributed by atoms with van der Waals surface area (Å²) >= 11 is 0. The Kier molecular flexibility index (Phi) is 6.65. The van der Waals surface area contributed by atoms with Crippen LogP contribution in [0.5, 0.6) is 0 Å². The second-order valence-electron chi connectivity index (χ2n) is 4.59. The third kappa shape index (κ3) is 5.00. The number of anilines is 1. The van der Waals surface area contributed by atoms with Gasteiger partial charge in [0.25, 0.3) is 0 Å². The molecule has 0 saturated heterocycles. The molecule has 1 unspecified atom stereocenters. The van der Waals surface area contributed by atoms with Crippen molar-refractivity contribution in [2.24, 2.45) is 0 Å². The number of nitrogens with zero attached hydrogens (tertiary/aromatic N) is 2. The first-order valence-corrected chi connectivity index (χ1v) is 6.83. The molecule has 0 bridgehead atoms. The third-order valence-corrected chi connectivity index (χ3v) is 2.76. The topological polar surface area (TPSA) is 47.0 Å². The van der Waals surface area contributed by atoms with Crippen LogP contribution in [0.25, 0.3) is 0 Å². The minimum atomic E-state index is 0.154. The van der Waals surface area contributed by atoms with Gasteiger partial charge in [0.1, 0.15) is 11.6 Å². The Morgan fingerprint density at radius 1 is 1.28 bits per heavy atom. The van der Waals surface area contributed by atoms with E-state index in [1.165, 1.54) is 0 Å². The first-order valence-electron chi connectivity index (χ1n) is 6.83. The Labute approximate surface area is 110 Å². The lowest BCUT2D eigenvalue weighted by Crippen LogP contribution is -2.14. The highest BCUT2D eigenvalue weighted by Gasteiger charge is 2.08. The van der Waals surface area contributed by atoms with Crippen molar-refractivity contribution in [3.8, 4) is 0 Å². The van der Waals surface area contributed by atoms with Gasteiger partial charge in [0.2, 0.25) is 0 Å². The molecule has 102 valence electrons. The summed E-state index contributed by atoms with van der Waals surface area (Å²) < 4.78 is 5.27. The van der Waals surface area contributed by atoms with Crippen molar-refractivity contribution < 1.29 is 4.74 Å². The van der Waals surface area contributed by atoms with Crippen molar-refractivity contribution >= 4 is 5.82 Å². The van der Waals surface area contributed by atoms with Crippen LogP contribution < -0.4 is 5.32 Å². The zero-order chi connectivity index (χ0) is 13.4. The number of nitrogens with one attached hydrogen (secondary N) is 1. The molecule has 18 heavy (non-hydrogen) atoms. The minimum Gasteiger partial charge on any atom is -0.381 e. The van der Waals surface area contributed by atoms with Gasteiger partial charge in [-0.05, 0) is 19.8 Å². The molecule has 0 aliphatic rings. The van der Waals surface area contributed by atoms with Crippen LogP contribution in [-0.2, 0) is 17.6 Å². The van der Waals surface area contributed by atoms with Gasteiger partial charge in [-0.3, -0.25) is 0 Å². The highest BCUT2D eigenvalue weighted by atomic mass is 16.5. The zero-order valence-electron chi connectivity index (χ0n) is 12.0. The number of hydrogen-bond donors (Lipinski definition) is 1. The second-order valence-corrected chi connectivity index (χ2v) is 4.59. The van der Waals surface area contributed by atoms with Gasteiger partial charge >= 0.3 is 0 Å². The molecule has 1 atom stereocenters. The van der Waals surface area contributed by atoms with Crippen molar-refractivity contribution in [2.45, 2.75) is 52.6 Å². The molecule has 4 nitrogen and oxygen atoms in total. The third-order valence-electron chi connectivity index (χ3n) is 2.76. The number of aromatic nitrogens is 2. The smallest absolute Gasteiger partial charge is 0.133 e. The Hall–Kier alpha value is -1.16. The Morgan fingerprint density at radius 2 is 2.06 bits per heavy atom. The van der Waals surface area contributed by atoms with Gasteiger partial charge in [0.05, 0.1) is 6.10 Å². The first-order chi connectivity index (χ1) is 8.69. The minimum absolute atomic E-state index is 0.154. The number of methoxy groups -OCH3 is 1. The maximum atomic E-state index is 5.27. The summed E-state index contributed by atoms with van der Waals surface area (Å²) in [6.45, 7) is 7.30. The van der Waals surface area contributed by atoms with E-state index in [-0.39, 0.29) is 6.10 Å². The standard InChI is InChI=1S/C14H25N3O/c1-5-7-12-10-13(15-8-6-2)17-14(16-12)9-11(3)18-4/h10-11H,5-9H2,1-4H3,(H,15,16,17). The second kappa shape index (κ2) is 8.03. The molecule has 0 amide bonds. The van der Waals surface area contributed by atoms with Crippen LogP contribution in [0, 0.1) is 0 Å². The predicted molar refractivity (Wildman–Crippen MR) is 75.0 cm³/mol. The highest BCUT2D eigenvalue weighted by molar-refractivity contribution is 5.36. The van der Waals surface area contributed by atoms with E-state index < -0.39 is 0 Å². The number of aryl methyl sites for hydroxylation is 1. The van der Waals surface area contributed by atoms with Crippen LogP contribution in [0.4, 0.5) is 5.82 Å². The molecule has 0 spiro atoms. The Bertz CT molecular complexity index is 355. The molecule has 1 rings (SSSR count). The maximum Gasteiger partial charge on any atom is 0.133 e. The molecule has 4 heteroatoms. The van der Waals surface area contributed by atoms with Crippen LogP contribution >= 0.6 is 0 Å². The van der Waals surface area contributed by atoms with Gasteiger partial charge in [-0.2, -0.15) is 0 Å². The van der Waals surface area contributed by atoms with Gasteiger partial charge < -0.3 is 10.1 Å². The van der Waals surface area contributed by atoms with Gasteiger partial charge in [0, 0.05) is 31.8 Å². The van der Waals surface area contributed by atoms with Crippen molar-refractivity contribution in [2.75, 3.05) is 19.0 Å².